The van der Waals surface area contributed by atoms with Crippen molar-refractivity contribution in [3.05, 3.63) is 35.9 Å². The van der Waals surface area contributed by atoms with E-state index in [9.17, 15) is 4.79 Å². The van der Waals surface area contributed by atoms with Crippen molar-refractivity contribution in [2.24, 2.45) is 11.1 Å². The van der Waals surface area contributed by atoms with Crippen LogP contribution in [0.1, 0.15) is 62.8 Å². The van der Waals surface area contributed by atoms with E-state index in [1.165, 1.54) is 24.8 Å². The third kappa shape index (κ3) is 3.95. The number of hydrogen-bond donors (Lipinski definition) is 1. The Balaban J connectivity index is 1.54. The molecule has 1 heterocycles. The summed E-state index contributed by atoms with van der Waals surface area (Å²) in [6.07, 6.45) is 8.89. The van der Waals surface area contributed by atoms with Gasteiger partial charge in [-0.2, -0.15) is 0 Å². The molecular formula is C20H30N2O. The number of rotatable bonds is 4. The molecule has 2 N–H and O–H groups in total. The fraction of sp³-hybridized carbons (Fsp3) is 0.650. The van der Waals surface area contributed by atoms with E-state index in [4.69, 9.17) is 5.73 Å². The van der Waals surface area contributed by atoms with E-state index < -0.39 is 0 Å². The van der Waals surface area contributed by atoms with Gasteiger partial charge in [0.05, 0.1) is 0 Å². The molecule has 1 aromatic rings. The smallest absolute Gasteiger partial charge is 0.223 e. The number of nitrogens with two attached hydrogens (primary N) is 1. The molecule has 2 fully saturated rings. The van der Waals surface area contributed by atoms with Crippen molar-refractivity contribution < 1.29 is 4.79 Å². The largest absolute Gasteiger partial charge is 0.343 e. The van der Waals surface area contributed by atoms with Crippen molar-refractivity contribution in [3.8, 4) is 0 Å². The molecule has 126 valence electrons. The molecule has 0 aromatic heterocycles. The van der Waals surface area contributed by atoms with Gasteiger partial charge < -0.3 is 10.6 Å². The maximum atomic E-state index is 12.7. The molecule has 1 aliphatic carbocycles. The lowest BCUT2D eigenvalue weighted by Gasteiger charge is -2.39. The van der Waals surface area contributed by atoms with Crippen LogP contribution in [0.15, 0.2) is 30.3 Å². The highest BCUT2D eigenvalue weighted by atomic mass is 16.2. The quantitative estimate of drug-likeness (QED) is 0.921. The molecule has 1 saturated carbocycles. The van der Waals surface area contributed by atoms with E-state index in [2.05, 4.69) is 35.2 Å². The van der Waals surface area contributed by atoms with E-state index in [1.54, 1.807) is 0 Å². The molecule has 3 rings (SSSR count). The van der Waals surface area contributed by atoms with Crippen molar-refractivity contribution in [1.82, 2.24) is 4.90 Å². The summed E-state index contributed by atoms with van der Waals surface area (Å²) < 4.78 is 0. The molecule has 2 aliphatic rings. The van der Waals surface area contributed by atoms with Crippen LogP contribution >= 0.6 is 0 Å². The van der Waals surface area contributed by atoms with Gasteiger partial charge in [-0.05, 0) is 49.1 Å². The zero-order valence-corrected chi connectivity index (χ0v) is 14.2. The van der Waals surface area contributed by atoms with Crippen molar-refractivity contribution in [2.45, 2.75) is 57.3 Å². The van der Waals surface area contributed by atoms with Crippen LogP contribution in [-0.2, 0) is 4.79 Å². The van der Waals surface area contributed by atoms with Crippen LogP contribution in [0.4, 0.5) is 0 Å². The van der Waals surface area contributed by atoms with E-state index in [1.807, 2.05) is 0 Å². The van der Waals surface area contributed by atoms with Crippen molar-refractivity contribution in [2.75, 3.05) is 19.6 Å². The van der Waals surface area contributed by atoms with Crippen LogP contribution in [0.3, 0.4) is 0 Å². The third-order valence-electron chi connectivity index (χ3n) is 5.99. The molecular weight excluding hydrogens is 284 g/mol. The van der Waals surface area contributed by atoms with Gasteiger partial charge in [0.2, 0.25) is 5.91 Å². The van der Waals surface area contributed by atoms with Gasteiger partial charge in [-0.25, -0.2) is 0 Å². The Bertz CT molecular complexity index is 500. The summed E-state index contributed by atoms with van der Waals surface area (Å²) in [5, 5.41) is 0. The normalized spacial score (nSPS) is 22.0. The fourth-order valence-electron chi connectivity index (χ4n) is 4.37. The molecule has 3 heteroatoms. The maximum Gasteiger partial charge on any atom is 0.223 e. The van der Waals surface area contributed by atoms with Crippen LogP contribution in [-0.4, -0.2) is 30.4 Å². The second-order valence-electron chi connectivity index (χ2n) is 7.51. The monoisotopic (exact) mass is 314 g/mol. The van der Waals surface area contributed by atoms with Gasteiger partial charge in [0.25, 0.3) is 0 Å². The van der Waals surface area contributed by atoms with Gasteiger partial charge in [-0.3, -0.25) is 4.79 Å². The van der Waals surface area contributed by atoms with Crippen LogP contribution in [0.25, 0.3) is 0 Å². The highest BCUT2D eigenvalue weighted by Gasteiger charge is 2.35. The third-order valence-corrected chi connectivity index (χ3v) is 5.99. The van der Waals surface area contributed by atoms with E-state index in [0.29, 0.717) is 24.8 Å². The Hall–Kier alpha value is -1.35. The van der Waals surface area contributed by atoms with Crippen LogP contribution in [0.5, 0.6) is 0 Å². The van der Waals surface area contributed by atoms with Crippen molar-refractivity contribution in [1.29, 1.82) is 0 Å². The fourth-order valence-corrected chi connectivity index (χ4v) is 4.37. The Morgan fingerprint density at radius 2 is 1.74 bits per heavy atom. The molecule has 0 spiro atoms. The molecule has 0 bridgehead atoms. The van der Waals surface area contributed by atoms with Crippen LogP contribution < -0.4 is 5.73 Å². The summed E-state index contributed by atoms with van der Waals surface area (Å²) in [6, 6.07) is 10.7. The van der Waals surface area contributed by atoms with Gasteiger partial charge >= 0.3 is 0 Å². The molecule has 0 unspecified atom stereocenters. The summed E-state index contributed by atoms with van der Waals surface area (Å²) in [5.41, 5.74) is 7.55. The number of nitrogens with zero attached hydrogens (tertiary/aromatic N) is 1. The summed E-state index contributed by atoms with van der Waals surface area (Å²) in [5.74, 6) is 0.947. The molecule has 23 heavy (non-hydrogen) atoms. The lowest BCUT2D eigenvalue weighted by Crippen LogP contribution is -2.43. The Labute approximate surface area is 140 Å². The summed E-state index contributed by atoms with van der Waals surface area (Å²) in [4.78, 5) is 14.8. The first-order valence-corrected chi connectivity index (χ1v) is 9.25. The zero-order chi connectivity index (χ0) is 16.1. The minimum atomic E-state index is 0.0889. The van der Waals surface area contributed by atoms with Crippen LogP contribution in [0.2, 0.25) is 0 Å². The summed E-state index contributed by atoms with van der Waals surface area (Å²) in [6.45, 7) is 2.47. The standard InChI is InChI=1S/C20H30N2O/c21-16-20(11-5-2-6-12-20)15-19(23)22-13-9-18(10-14-22)17-7-3-1-4-8-17/h1,3-4,7-8,18H,2,5-6,9-16,21H2. The van der Waals surface area contributed by atoms with Crippen molar-refractivity contribution in [3.63, 3.8) is 0 Å². The van der Waals surface area contributed by atoms with E-state index in [0.717, 1.165) is 38.8 Å². The first kappa shape index (κ1) is 16.5. The van der Waals surface area contributed by atoms with Gasteiger partial charge in [0.15, 0.2) is 0 Å². The second kappa shape index (κ2) is 7.48. The zero-order valence-electron chi connectivity index (χ0n) is 14.2. The van der Waals surface area contributed by atoms with Crippen molar-refractivity contribution >= 4 is 5.91 Å². The number of likely N-dealkylation sites (tertiary alicyclic amines) is 1. The second-order valence-corrected chi connectivity index (χ2v) is 7.51. The van der Waals surface area contributed by atoms with Gasteiger partial charge in [0, 0.05) is 19.5 Å². The number of hydrogen-bond acceptors (Lipinski definition) is 2. The van der Waals surface area contributed by atoms with E-state index >= 15 is 0 Å². The molecule has 0 atom stereocenters. The average molecular weight is 314 g/mol. The number of benzene rings is 1. The summed E-state index contributed by atoms with van der Waals surface area (Å²) >= 11 is 0. The Morgan fingerprint density at radius 1 is 1.09 bits per heavy atom. The molecule has 1 aliphatic heterocycles. The highest BCUT2D eigenvalue weighted by Crippen LogP contribution is 2.39. The lowest BCUT2D eigenvalue weighted by molar-refractivity contribution is -0.135. The topological polar surface area (TPSA) is 46.3 Å². The molecule has 1 saturated heterocycles. The predicted molar refractivity (Wildman–Crippen MR) is 94.2 cm³/mol. The van der Waals surface area contributed by atoms with Gasteiger partial charge in [-0.15, -0.1) is 0 Å². The minimum absolute atomic E-state index is 0.0889. The maximum absolute atomic E-state index is 12.7. The highest BCUT2D eigenvalue weighted by molar-refractivity contribution is 5.77. The number of piperidine rings is 1. The summed E-state index contributed by atoms with van der Waals surface area (Å²) in [7, 11) is 0. The molecule has 3 nitrogen and oxygen atoms in total. The Morgan fingerprint density at radius 3 is 2.35 bits per heavy atom. The number of carbonyl (C=O) groups is 1. The number of carbonyl (C=O) groups excluding carboxylic acids is 1. The molecule has 0 radical (unpaired) electrons. The molecule has 1 amide bonds. The van der Waals surface area contributed by atoms with Crippen LogP contribution in [0, 0.1) is 5.41 Å². The average Bonchev–Trinajstić information content (AvgIpc) is 2.63. The SMILES string of the molecule is NCC1(CC(=O)N2CCC(c3ccccc3)CC2)CCCCC1. The first-order chi connectivity index (χ1) is 11.2. The lowest BCUT2D eigenvalue weighted by atomic mass is 9.71. The Kier molecular flexibility index (Phi) is 5.37. The first-order valence-electron chi connectivity index (χ1n) is 9.25. The van der Waals surface area contributed by atoms with E-state index in [-0.39, 0.29) is 5.41 Å². The van der Waals surface area contributed by atoms with Gasteiger partial charge in [-0.1, -0.05) is 49.6 Å². The predicted octanol–water partition coefficient (Wildman–Crippen LogP) is 3.69. The van der Waals surface area contributed by atoms with Gasteiger partial charge in [0.1, 0.15) is 0 Å². The molecule has 1 aromatic carbocycles. The number of amides is 1. The minimum Gasteiger partial charge on any atom is -0.343 e.